The molecule has 0 saturated heterocycles. The first-order chi connectivity index (χ1) is 28.3. The molecule has 4 heteroatoms. The number of amidine groups is 2. The summed E-state index contributed by atoms with van der Waals surface area (Å²) in [7, 11) is 0. The summed E-state index contributed by atoms with van der Waals surface area (Å²) in [6, 6.07) is 73.5. The van der Waals surface area contributed by atoms with Crippen LogP contribution in [0.2, 0.25) is 0 Å². The molecule has 1 unspecified atom stereocenters. The van der Waals surface area contributed by atoms with Crippen LogP contribution < -0.4 is 5.32 Å². The number of hydrogen-bond donors (Lipinski definition) is 1. The van der Waals surface area contributed by atoms with E-state index in [0.717, 1.165) is 50.0 Å². The van der Waals surface area contributed by atoms with Crippen LogP contribution in [0, 0.1) is 0 Å². The SMILES string of the molecule is c1ccc(C2=NC(c3ccc(-c4ccc5ccccc5c4)cc3)NC(c3ccc4ccccc4c3-n3c4ccccc4c4c(-c5ccccc5)cccc43)=N2)cc1. The number of nitrogens with one attached hydrogen (secondary N) is 1. The third-order valence-corrected chi connectivity index (χ3v) is 11.2. The maximum atomic E-state index is 5.34. The number of rotatable bonds is 6. The highest BCUT2D eigenvalue weighted by Gasteiger charge is 2.26. The van der Waals surface area contributed by atoms with Crippen molar-refractivity contribution in [3.63, 3.8) is 0 Å². The molecule has 268 valence electrons. The van der Waals surface area contributed by atoms with Crippen LogP contribution in [0.15, 0.2) is 216 Å². The summed E-state index contributed by atoms with van der Waals surface area (Å²) in [5.41, 5.74) is 11.2. The van der Waals surface area contributed by atoms with Crippen LogP contribution in [0.4, 0.5) is 0 Å². The van der Waals surface area contributed by atoms with Crippen LogP contribution in [0.1, 0.15) is 22.9 Å². The molecule has 10 aromatic rings. The lowest BCUT2D eigenvalue weighted by atomic mass is 9.99. The number of benzene rings is 9. The van der Waals surface area contributed by atoms with Crippen molar-refractivity contribution in [1.82, 2.24) is 9.88 Å². The third-order valence-electron chi connectivity index (χ3n) is 11.2. The van der Waals surface area contributed by atoms with Gasteiger partial charge in [0.1, 0.15) is 12.0 Å². The molecule has 0 saturated carbocycles. The van der Waals surface area contributed by atoms with E-state index < -0.39 is 0 Å². The van der Waals surface area contributed by atoms with Gasteiger partial charge in [0, 0.05) is 27.3 Å². The molecule has 11 rings (SSSR count). The molecule has 1 aliphatic heterocycles. The first-order valence-corrected chi connectivity index (χ1v) is 19.4. The molecule has 1 atom stereocenters. The van der Waals surface area contributed by atoms with Crippen LogP contribution >= 0.6 is 0 Å². The number of aromatic nitrogens is 1. The summed E-state index contributed by atoms with van der Waals surface area (Å²) in [6.45, 7) is 0. The lowest BCUT2D eigenvalue weighted by molar-refractivity contribution is 0.674. The van der Waals surface area contributed by atoms with Crippen molar-refractivity contribution in [2.24, 2.45) is 9.98 Å². The van der Waals surface area contributed by atoms with Gasteiger partial charge in [-0.05, 0) is 68.2 Å². The number of fused-ring (bicyclic) bond motifs is 5. The molecule has 0 aliphatic carbocycles. The average molecular weight is 729 g/mol. The topological polar surface area (TPSA) is 41.7 Å². The summed E-state index contributed by atoms with van der Waals surface area (Å²) in [4.78, 5) is 10.6. The van der Waals surface area contributed by atoms with Crippen molar-refractivity contribution < 1.29 is 0 Å². The molecule has 1 aromatic heterocycles. The molecule has 1 N–H and O–H groups in total. The molecule has 0 radical (unpaired) electrons. The molecule has 0 spiro atoms. The molecular weight excluding hydrogens is 693 g/mol. The largest absolute Gasteiger partial charge is 0.344 e. The van der Waals surface area contributed by atoms with E-state index in [1.807, 2.05) is 18.2 Å². The molecule has 57 heavy (non-hydrogen) atoms. The highest BCUT2D eigenvalue weighted by molar-refractivity contribution is 6.20. The van der Waals surface area contributed by atoms with Crippen LogP contribution in [0.5, 0.6) is 0 Å². The van der Waals surface area contributed by atoms with Crippen LogP contribution in [-0.2, 0) is 0 Å². The van der Waals surface area contributed by atoms with E-state index in [2.05, 4.69) is 198 Å². The van der Waals surface area contributed by atoms with Crippen LogP contribution in [0.3, 0.4) is 0 Å². The van der Waals surface area contributed by atoms with E-state index in [1.54, 1.807) is 0 Å². The van der Waals surface area contributed by atoms with Gasteiger partial charge in [0.05, 0.1) is 16.7 Å². The summed E-state index contributed by atoms with van der Waals surface area (Å²) >= 11 is 0. The lowest BCUT2D eigenvalue weighted by Gasteiger charge is -2.26. The Balaban J connectivity index is 1.10. The predicted octanol–water partition coefficient (Wildman–Crippen LogP) is 12.9. The Morgan fingerprint density at radius 1 is 0.421 bits per heavy atom. The zero-order valence-electron chi connectivity index (χ0n) is 31.0. The second-order valence-corrected chi connectivity index (χ2v) is 14.6. The molecule has 2 heterocycles. The van der Waals surface area contributed by atoms with Gasteiger partial charge in [-0.15, -0.1) is 0 Å². The number of nitrogens with zero attached hydrogens (tertiary/aromatic N) is 3. The van der Waals surface area contributed by atoms with E-state index in [0.29, 0.717) is 5.84 Å². The van der Waals surface area contributed by atoms with Gasteiger partial charge < -0.3 is 9.88 Å². The lowest BCUT2D eigenvalue weighted by Crippen LogP contribution is -2.34. The molecule has 9 aromatic carbocycles. The minimum Gasteiger partial charge on any atom is -0.344 e. The fourth-order valence-corrected chi connectivity index (χ4v) is 8.51. The van der Waals surface area contributed by atoms with Crippen LogP contribution in [0.25, 0.3) is 71.3 Å². The van der Waals surface area contributed by atoms with Gasteiger partial charge in [-0.3, -0.25) is 0 Å². The Hall–Kier alpha value is -7.56. The minimum absolute atomic E-state index is 0.361. The van der Waals surface area contributed by atoms with Gasteiger partial charge >= 0.3 is 0 Å². The van der Waals surface area contributed by atoms with Gasteiger partial charge in [-0.1, -0.05) is 182 Å². The van der Waals surface area contributed by atoms with Gasteiger partial charge in [0.15, 0.2) is 5.84 Å². The smallest absolute Gasteiger partial charge is 0.159 e. The predicted molar refractivity (Wildman–Crippen MR) is 238 cm³/mol. The van der Waals surface area contributed by atoms with Gasteiger partial charge in [0.25, 0.3) is 0 Å². The van der Waals surface area contributed by atoms with Crippen molar-refractivity contribution in [1.29, 1.82) is 0 Å². The molecular formula is C53H36N4. The zero-order chi connectivity index (χ0) is 37.7. The molecule has 0 amide bonds. The Labute approximate surface area is 330 Å². The van der Waals surface area contributed by atoms with E-state index in [-0.39, 0.29) is 6.17 Å². The maximum Gasteiger partial charge on any atom is 0.159 e. The van der Waals surface area contributed by atoms with Crippen molar-refractivity contribution in [3.8, 4) is 27.9 Å². The zero-order valence-corrected chi connectivity index (χ0v) is 31.0. The summed E-state index contributed by atoms with van der Waals surface area (Å²) < 4.78 is 2.44. The number of para-hydroxylation sites is 1. The van der Waals surface area contributed by atoms with E-state index in [9.17, 15) is 0 Å². The minimum atomic E-state index is -0.361. The van der Waals surface area contributed by atoms with Crippen molar-refractivity contribution in [3.05, 3.63) is 223 Å². The normalized spacial score (nSPS) is 14.1. The third kappa shape index (κ3) is 5.70. The summed E-state index contributed by atoms with van der Waals surface area (Å²) in [5, 5.41) is 11.0. The van der Waals surface area contributed by atoms with Crippen molar-refractivity contribution >= 4 is 55.0 Å². The molecule has 0 bridgehead atoms. The van der Waals surface area contributed by atoms with Crippen molar-refractivity contribution in [2.45, 2.75) is 6.17 Å². The second-order valence-electron chi connectivity index (χ2n) is 14.6. The second kappa shape index (κ2) is 13.6. The number of aliphatic imine (C=N–C) groups is 2. The Kier molecular flexibility index (Phi) is 7.85. The van der Waals surface area contributed by atoms with Crippen LogP contribution in [-0.4, -0.2) is 16.2 Å². The Morgan fingerprint density at radius 2 is 1.05 bits per heavy atom. The van der Waals surface area contributed by atoms with E-state index >= 15 is 0 Å². The van der Waals surface area contributed by atoms with Gasteiger partial charge in [0.2, 0.25) is 0 Å². The van der Waals surface area contributed by atoms with Crippen molar-refractivity contribution in [2.75, 3.05) is 0 Å². The molecule has 0 fully saturated rings. The van der Waals surface area contributed by atoms with E-state index in [4.69, 9.17) is 9.98 Å². The molecule has 4 nitrogen and oxygen atoms in total. The summed E-state index contributed by atoms with van der Waals surface area (Å²) in [5.74, 6) is 1.47. The Morgan fingerprint density at radius 3 is 1.86 bits per heavy atom. The first kappa shape index (κ1) is 32.8. The molecule has 1 aliphatic rings. The Bertz CT molecular complexity index is 3190. The monoisotopic (exact) mass is 728 g/mol. The fourth-order valence-electron chi connectivity index (χ4n) is 8.51. The van der Waals surface area contributed by atoms with Gasteiger partial charge in [-0.25, -0.2) is 9.98 Å². The fraction of sp³-hybridized carbons (Fsp3) is 0.0189. The van der Waals surface area contributed by atoms with E-state index in [1.165, 1.54) is 43.8 Å². The first-order valence-electron chi connectivity index (χ1n) is 19.4. The average Bonchev–Trinajstić information content (AvgIpc) is 3.63. The van der Waals surface area contributed by atoms with Gasteiger partial charge in [-0.2, -0.15) is 0 Å². The number of hydrogen-bond acceptors (Lipinski definition) is 3. The highest BCUT2D eigenvalue weighted by Crippen LogP contribution is 2.41. The quantitative estimate of drug-likeness (QED) is 0.182. The summed E-state index contributed by atoms with van der Waals surface area (Å²) in [6.07, 6.45) is -0.361. The standard InChI is InChI=1S/C53H36N4/c1-3-15-37(16-4-1)43-23-13-25-48-49(43)45-22-11-12-24-47(45)57(48)50-44-21-10-9-17-38(44)32-33-46(50)53-55-51(39-18-5-2-6-19-39)54-52(56-53)40-29-26-36(27-30-40)42-31-28-35-14-7-8-20-41(35)34-42/h1-34,52H,(H,54,55,56). The highest BCUT2D eigenvalue weighted by atomic mass is 15.2. The maximum absolute atomic E-state index is 5.34.